The molecule has 1 amide bonds. The summed E-state index contributed by atoms with van der Waals surface area (Å²) in [5, 5.41) is 2.96. The molecule has 17 heavy (non-hydrogen) atoms. The van der Waals surface area contributed by atoms with Crippen LogP contribution in [0.25, 0.3) is 0 Å². The molecular formula is C13H25ClN2O. The Balaban J connectivity index is 2.01. The first-order valence-electron chi connectivity index (χ1n) is 6.63. The molecule has 1 saturated heterocycles. The Bertz CT molecular complexity index is 238. The van der Waals surface area contributed by atoms with Gasteiger partial charge >= 0.3 is 0 Å². The Morgan fingerprint density at radius 3 is 2.53 bits per heavy atom. The van der Waals surface area contributed by atoms with Gasteiger partial charge in [0.15, 0.2) is 0 Å². The maximum absolute atomic E-state index is 11.7. The van der Waals surface area contributed by atoms with Gasteiger partial charge in [0.25, 0.3) is 0 Å². The SMILES string of the molecule is CC(C)(CCl)C(=O)NCCCCN1CCCC1. The second kappa shape index (κ2) is 7.22. The average molecular weight is 261 g/mol. The van der Waals surface area contributed by atoms with Crippen LogP contribution in [-0.4, -0.2) is 42.9 Å². The quantitative estimate of drug-likeness (QED) is 0.563. The molecule has 0 aromatic rings. The van der Waals surface area contributed by atoms with E-state index in [-0.39, 0.29) is 5.91 Å². The minimum atomic E-state index is -0.448. The molecule has 1 fully saturated rings. The number of carbonyl (C=O) groups is 1. The maximum atomic E-state index is 11.7. The van der Waals surface area contributed by atoms with Crippen LogP contribution in [0.4, 0.5) is 0 Å². The number of hydrogen-bond donors (Lipinski definition) is 1. The third kappa shape index (κ3) is 5.26. The number of hydrogen-bond acceptors (Lipinski definition) is 2. The van der Waals surface area contributed by atoms with E-state index in [4.69, 9.17) is 11.6 Å². The second-order valence-electron chi connectivity index (χ2n) is 5.53. The summed E-state index contributed by atoms with van der Waals surface area (Å²) in [6, 6.07) is 0. The summed E-state index contributed by atoms with van der Waals surface area (Å²) in [4.78, 5) is 14.2. The van der Waals surface area contributed by atoms with Crippen molar-refractivity contribution in [3.8, 4) is 0 Å². The topological polar surface area (TPSA) is 32.3 Å². The van der Waals surface area contributed by atoms with E-state index >= 15 is 0 Å². The van der Waals surface area contributed by atoms with Crippen LogP contribution in [0.5, 0.6) is 0 Å². The van der Waals surface area contributed by atoms with Crippen molar-refractivity contribution in [1.29, 1.82) is 0 Å². The number of likely N-dealkylation sites (tertiary alicyclic amines) is 1. The van der Waals surface area contributed by atoms with Gasteiger partial charge in [0.05, 0.1) is 5.41 Å². The fourth-order valence-electron chi connectivity index (χ4n) is 1.97. The summed E-state index contributed by atoms with van der Waals surface area (Å²) in [6.07, 6.45) is 4.92. The molecule has 0 aliphatic carbocycles. The fourth-order valence-corrected chi connectivity index (χ4v) is 2.09. The van der Waals surface area contributed by atoms with Crippen molar-refractivity contribution in [2.75, 3.05) is 32.1 Å². The van der Waals surface area contributed by atoms with Gasteiger partial charge in [-0.3, -0.25) is 4.79 Å². The van der Waals surface area contributed by atoms with Crippen LogP contribution in [0.3, 0.4) is 0 Å². The van der Waals surface area contributed by atoms with E-state index in [0.717, 1.165) is 13.0 Å². The molecular weight excluding hydrogens is 236 g/mol. The highest BCUT2D eigenvalue weighted by Gasteiger charge is 2.25. The van der Waals surface area contributed by atoms with Gasteiger partial charge < -0.3 is 10.2 Å². The third-order valence-electron chi connectivity index (χ3n) is 3.33. The average Bonchev–Trinajstić information content (AvgIpc) is 2.81. The van der Waals surface area contributed by atoms with Gasteiger partial charge in [0.1, 0.15) is 0 Å². The van der Waals surface area contributed by atoms with Crippen LogP contribution in [-0.2, 0) is 4.79 Å². The third-order valence-corrected chi connectivity index (χ3v) is 4.00. The van der Waals surface area contributed by atoms with E-state index in [9.17, 15) is 4.79 Å². The van der Waals surface area contributed by atoms with Crippen LogP contribution in [0, 0.1) is 5.41 Å². The number of amides is 1. The highest BCUT2D eigenvalue weighted by atomic mass is 35.5. The highest BCUT2D eigenvalue weighted by molar-refractivity contribution is 6.19. The number of carbonyl (C=O) groups excluding carboxylic acids is 1. The molecule has 4 heteroatoms. The van der Waals surface area contributed by atoms with Crippen LogP contribution < -0.4 is 5.32 Å². The van der Waals surface area contributed by atoms with Gasteiger partial charge in [-0.25, -0.2) is 0 Å². The molecule has 1 heterocycles. The Kier molecular flexibility index (Phi) is 6.28. The molecule has 0 bridgehead atoms. The lowest BCUT2D eigenvalue weighted by molar-refractivity contribution is -0.128. The molecule has 0 spiro atoms. The summed E-state index contributed by atoms with van der Waals surface area (Å²) >= 11 is 5.75. The van der Waals surface area contributed by atoms with Crippen molar-refractivity contribution in [2.45, 2.75) is 39.5 Å². The standard InChI is InChI=1S/C13H25ClN2O/c1-13(2,11-14)12(17)15-7-3-4-8-16-9-5-6-10-16/h3-11H2,1-2H3,(H,15,17). The summed E-state index contributed by atoms with van der Waals surface area (Å²) in [5.41, 5.74) is -0.448. The molecule has 0 saturated carbocycles. The first-order valence-corrected chi connectivity index (χ1v) is 7.16. The molecule has 1 aliphatic rings. The monoisotopic (exact) mass is 260 g/mol. The lowest BCUT2D eigenvalue weighted by Gasteiger charge is -2.20. The molecule has 0 aromatic heterocycles. The number of nitrogens with zero attached hydrogens (tertiary/aromatic N) is 1. The first kappa shape index (κ1) is 14.8. The Morgan fingerprint density at radius 2 is 1.94 bits per heavy atom. The van der Waals surface area contributed by atoms with Gasteiger partial charge in [-0.15, -0.1) is 11.6 Å². The molecule has 0 radical (unpaired) electrons. The number of alkyl halides is 1. The molecule has 3 nitrogen and oxygen atoms in total. The minimum absolute atomic E-state index is 0.0636. The first-order chi connectivity index (χ1) is 8.06. The lowest BCUT2D eigenvalue weighted by atomic mass is 9.95. The largest absolute Gasteiger partial charge is 0.356 e. The van der Waals surface area contributed by atoms with Crippen LogP contribution in [0.15, 0.2) is 0 Å². The summed E-state index contributed by atoms with van der Waals surface area (Å²) in [7, 11) is 0. The smallest absolute Gasteiger partial charge is 0.226 e. The molecule has 1 rings (SSSR count). The molecule has 0 aromatic carbocycles. The Labute approximate surface area is 110 Å². The van der Waals surface area contributed by atoms with Gasteiger partial charge in [-0.2, -0.15) is 0 Å². The number of unbranched alkanes of at least 4 members (excludes halogenated alkanes) is 1. The van der Waals surface area contributed by atoms with Crippen molar-refractivity contribution >= 4 is 17.5 Å². The van der Waals surface area contributed by atoms with Crippen LogP contribution in [0.1, 0.15) is 39.5 Å². The predicted octanol–water partition coefficient (Wildman–Crippen LogP) is 2.24. The van der Waals surface area contributed by atoms with Crippen LogP contribution in [0.2, 0.25) is 0 Å². The number of nitrogens with one attached hydrogen (secondary N) is 1. The van der Waals surface area contributed by atoms with E-state index < -0.39 is 5.41 Å². The summed E-state index contributed by atoms with van der Waals surface area (Å²) in [6.45, 7) is 8.21. The molecule has 100 valence electrons. The van der Waals surface area contributed by atoms with Crippen molar-refractivity contribution in [1.82, 2.24) is 10.2 Å². The van der Waals surface area contributed by atoms with Crippen molar-refractivity contribution in [2.24, 2.45) is 5.41 Å². The van der Waals surface area contributed by atoms with Gasteiger partial charge in [0, 0.05) is 12.4 Å². The second-order valence-corrected chi connectivity index (χ2v) is 5.80. The summed E-state index contributed by atoms with van der Waals surface area (Å²) in [5.74, 6) is 0.431. The zero-order valence-corrected chi connectivity index (χ0v) is 11.9. The molecule has 0 unspecified atom stereocenters. The fraction of sp³-hybridized carbons (Fsp3) is 0.923. The number of rotatable bonds is 7. The van der Waals surface area contributed by atoms with E-state index in [2.05, 4.69) is 10.2 Å². The van der Waals surface area contributed by atoms with Gasteiger partial charge in [0.2, 0.25) is 5.91 Å². The molecule has 1 aliphatic heterocycles. The van der Waals surface area contributed by atoms with E-state index in [0.29, 0.717) is 5.88 Å². The zero-order valence-electron chi connectivity index (χ0n) is 11.1. The van der Waals surface area contributed by atoms with Crippen molar-refractivity contribution < 1.29 is 4.79 Å². The van der Waals surface area contributed by atoms with E-state index in [1.807, 2.05) is 13.8 Å². The predicted molar refractivity (Wildman–Crippen MR) is 72.4 cm³/mol. The maximum Gasteiger partial charge on any atom is 0.226 e. The van der Waals surface area contributed by atoms with Crippen molar-refractivity contribution in [3.63, 3.8) is 0 Å². The molecule has 1 N–H and O–H groups in total. The zero-order chi connectivity index (χ0) is 12.7. The Morgan fingerprint density at radius 1 is 1.29 bits per heavy atom. The van der Waals surface area contributed by atoms with Crippen LogP contribution >= 0.6 is 11.6 Å². The number of halogens is 1. The van der Waals surface area contributed by atoms with Gasteiger partial charge in [-0.05, 0) is 59.2 Å². The highest BCUT2D eigenvalue weighted by Crippen LogP contribution is 2.16. The molecule has 0 atom stereocenters. The van der Waals surface area contributed by atoms with E-state index in [1.54, 1.807) is 0 Å². The lowest BCUT2D eigenvalue weighted by Crippen LogP contribution is -2.38. The summed E-state index contributed by atoms with van der Waals surface area (Å²) < 4.78 is 0. The normalized spacial score (nSPS) is 17.4. The van der Waals surface area contributed by atoms with E-state index in [1.165, 1.54) is 38.9 Å². The Hall–Kier alpha value is -0.280. The van der Waals surface area contributed by atoms with Crippen molar-refractivity contribution in [3.05, 3.63) is 0 Å². The van der Waals surface area contributed by atoms with Gasteiger partial charge in [-0.1, -0.05) is 0 Å². The minimum Gasteiger partial charge on any atom is -0.356 e.